The molecule has 1 aliphatic heterocycles. The average molecular weight is 249 g/mol. The highest BCUT2D eigenvalue weighted by Gasteiger charge is 2.30. The van der Waals surface area contributed by atoms with E-state index in [-0.39, 0.29) is 12.0 Å². The monoisotopic (exact) mass is 249 g/mol. The zero-order valence-corrected chi connectivity index (χ0v) is 11.1. The Morgan fingerprint density at radius 2 is 2.28 bits per heavy atom. The summed E-state index contributed by atoms with van der Waals surface area (Å²) >= 11 is 0. The standard InChI is InChI=1S/C14H19NO3/c1-10-8-11(4-5-13(10)17-3)9-15(2)12-6-7-18-14(12)16/h4-5,8,12H,6-7,9H2,1-3H3. The maximum Gasteiger partial charge on any atom is 0.323 e. The van der Waals surface area contributed by atoms with Gasteiger partial charge in [0.15, 0.2) is 0 Å². The lowest BCUT2D eigenvalue weighted by atomic mass is 10.1. The first-order chi connectivity index (χ1) is 8.61. The second-order valence-electron chi connectivity index (χ2n) is 4.69. The van der Waals surface area contributed by atoms with Crippen molar-refractivity contribution in [3.8, 4) is 5.75 Å². The third kappa shape index (κ3) is 2.64. The van der Waals surface area contributed by atoms with Crippen LogP contribution in [0.2, 0.25) is 0 Å². The Labute approximate surface area is 107 Å². The smallest absolute Gasteiger partial charge is 0.323 e. The Morgan fingerprint density at radius 1 is 1.50 bits per heavy atom. The van der Waals surface area contributed by atoms with E-state index in [0.717, 1.165) is 24.3 Å². The van der Waals surface area contributed by atoms with Gasteiger partial charge in [-0.1, -0.05) is 12.1 Å². The number of methoxy groups -OCH3 is 1. The van der Waals surface area contributed by atoms with Gasteiger partial charge in [0.05, 0.1) is 13.7 Å². The molecule has 4 heteroatoms. The van der Waals surface area contributed by atoms with E-state index < -0.39 is 0 Å². The third-order valence-corrected chi connectivity index (χ3v) is 3.33. The lowest BCUT2D eigenvalue weighted by molar-refractivity contribution is -0.142. The minimum absolute atomic E-state index is 0.104. The quantitative estimate of drug-likeness (QED) is 0.762. The number of benzene rings is 1. The Balaban J connectivity index is 2.04. The van der Waals surface area contributed by atoms with Crippen LogP contribution in [0.15, 0.2) is 18.2 Å². The van der Waals surface area contributed by atoms with Crippen LogP contribution >= 0.6 is 0 Å². The molecular formula is C14H19NO3. The van der Waals surface area contributed by atoms with Gasteiger partial charge >= 0.3 is 5.97 Å². The molecule has 1 fully saturated rings. The summed E-state index contributed by atoms with van der Waals surface area (Å²) in [5.41, 5.74) is 2.29. The van der Waals surface area contributed by atoms with Gasteiger partial charge in [0.25, 0.3) is 0 Å². The van der Waals surface area contributed by atoms with Gasteiger partial charge in [0.1, 0.15) is 11.8 Å². The topological polar surface area (TPSA) is 38.8 Å². The molecule has 1 aliphatic rings. The number of cyclic esters (lactones) is 1. The van der Waals surface area contributed by atoms with Crippen LogP contribution in [-0.2, 0) is 16.1 Å². The largest absolute Gasteiger partial charge is 0.496 e. The minimum Gasteiger partial charge on any atom is -0.496 e. The van der Waals surface area contributed by atoms with Crippen LogP contribution in [-0.4, -0.2) is 37.7 Å². The Hall–Kier alpha value is -1.55. The Morgan fingerprint density at radius 3 is 2.83 bits per heavy atom. The number of hydrogen-bond acceptors (Lipinski definition) is 4. The first kappa shape index (κ1) is 12.9. The van der Waals surface area contributed by atoms with Crippen LogP contribution < -0.4 is 4.74 Å². The molecule has 0 saturated carbocycles. The van der Waals surface area contributed by atoms with Crippen molar-refractivity contribution < 1.29 is 14.3 Å². The van der Waals surface area contributed by atoms with Gasteiger partial charge in [0, 0.05) is 13.0 Å². The molecule has 98 valence electrons. The average Bonchev–Trinajstić information content (AvgIpc) is 2.76. The van der Waals surface area contributed by atoms with Crippen molar-refractivity contribution in [3.05, 3.63) is 29.3 Å². The molecule has 0 aromatic heterocycles. The van der Waals surface area contributed by atoms with E-state index in [1.54, 1.807) is 7.11 Å². The predicted molar refractivity (Wildman–Crippen MR) is 68.6 cm³/mol. The summed E-state index contributed by atoms with van der Waals surface area (Å²) in [5, 5.41) is 0. The maximum atomic E-state index is 11.5. The van der Waals surface area contributed by atoms with Crippen molar-refractivity contribution in [2.75, 3.05) is 20.8 Å². The maximum absolute atomic E-state index is 11.5. The lowest BCUT2D eigenvalue weighted by Gasteiger charge is -2.21. The summed E-state index contributed by atoms with van der Waals surface area (Å²) in [6.45, 7) is 3.30. The fourth-order valence-corrected chi connectivity index (χ4v) is 2.32. The molecule has 0 spiro atoms. The van der Waals surface area contributed by atoms with E-state index in [1.807, 2.05) is 31.0 Å². The number of likely N-dealkylation sites (N-methyl/N-ethyl adjacent to an activating group) is 1. The van der Waals surface area contributed by atoms with Crippen LogP contribution in [0, 0.1) is 6.92 Å². The minimum atomic E-state index is -0.109. The van der Waals surface area contributed by atoms with Gasteiger partial charge < -0.3 is 9.47 Å². The summed E-state index contributed by atoms with van der Waals surface area (Å²) in [7, 11) is 3.62. The molecule has 1 aromatic rings. The number of rotatable bonds is 4. The first-order valence-corrected chi connectivity index (χ1v) is 6.12. The van der Waals surface area contributed by atoms with Gasteiger partial charge in [0.2, 0.25) is 0 Å². The highest BCUT2D eigenvalue weighted by Crippen LogP contribution is 2.21. The molecule has 1 saturated heterocycles. The molecule has 0 N–H and O–H groups in total. The Kier molecular flexibility index (Phi) is 3.87. The van der Waals surface area contributed by atoms with E-state index >= 15 is 0 Å². The Bertz CT molecular complexity index is 445. The van der Waals surface area contributed by atoms with Crippen LogP contribution in [0.25, 0.3) is 0 Å². The van der Waals surface area contributed by atoms with E-state index in [9.17, 15) is 4.79 Å². The van der Waals surface area contributed by atoms with E-state index in [2.05, 4.69) is 6.07 Å². The molecule has 1 atom stereocenters. The number of aryl methyl sites for hydroxylation is 1. The molecular weight excluding hydrogens is 230 g/mol. The molecule has 1 aromatic carbocycles. The molecule has 1 heterocycles. The highest BCUT2D eigenvalue weighted by molar-refractivity contribution is 5.77. The number of ether oxygens (including phenoxy) is 2. The SMILES string of the molecule is COc1ccc(CN(C)C2CCOC2=O)cc1C. The van der Waals surface area contributed by atoms with E-state index in [4.69, 9.17) is 9.47 Å². The molecule has 4 nitrogen and oxygen atoms in total. The van der Waals surface area contributed by atoms with Gasteiger partial charge in [-0.2, -0.15) is 0 Å². The van der Waals surface area contributed by atoms with Gasteiger partial charge in [-0.05, 0) is 31.2 Å². The van der Waals surface area contributed by atoms with E-state index in [1.165, 1.54) is 5.56 Å². The highest BCUT2D eigenvalue weighted by atomic mass is 16.5. The molecule has 0 radical (unpaired) electrons. The van der Waals surface area contributed by atoms with Crippen molar-refractivity contribution in [2.45, 2.75) is 25.9 Å². The number of hydrogen-bond donors (Lipinski definition) is 0. The summed E-state index contributed by atoms with van der Waals surface area (Å²) in [5.74, 6) is 0.782. The van der Waals surface area contributed by atoms with Crippen molar-refractivity contribution in [1.29, 1.82) is 0 Å². The molecule has 2 rings (SSSR count). The molecule has 0 bridgehead atoms. The summed E-state index contributed by atoms with van der Waals surface area (Å²) in [4.78, 5) is 13.5. The van der Waals surface area contributed by atoms with Crippen LogP contribution in [0.5, 0.6) is 5.75 Å². The van der Waals surface area contributed by atoms with Crippen LogP contribution in [0.3, 0.4) is 0 Å². The summed E-state index contributed by atoms with van der Waals surface area (Å²) in [6.07, 6.45) is 0.782. The second-order valence-corrected chi connectivity index (χ2v) is 4.69. The van der Waals surface area contributed by atoms with Gasteiger partial charge in [-0.3, -0.25) is 9.69 Å². The molecule has 1 unspecified atom stereocenters. The number of esters is 1. The normalized spacial score (nSPS) is 19.1. The van der Waals surface area contributed by atoms with Crippen LogP contribution in [0.1, 0.15) is 17.5 Å². The fourth-order valence-electron chi connectivity index (χ4n) is 2.32. The second kappa shape index (κ2) is 5.40. The third-order valence-electron chi connectivity index (χ3n) is 3.33. The predicted octanol–water partition coefficient (Wildman–Crippen LogP) is 1.75. The lowest BCUT2D eigenvalue weighted by Crippen LogP contribution is -2.34. The fraction of sp³-hybridized carbons (Fsp3) is 0.500. The first-order valence-electron chi connectivity index (χ1n) is 6.12. The summed E-state index contributed by atoms with van der Waals surface area (Å²) in [6, 6.07) is 5.98. The molecule has 0 amide bonds. The molecule has 0 aliphatic carbocycles. The van der Waals surface area contributed by atoms with Crippen molar-refractivity contribution >= 4 is 5.97 Å². The molecule has 18 heavy (non-hydrogen) atoms. The zero-order valence-electron chi connectivity index (χ0n) is 11.1. The van der Waals surface area contributed by atoms with Crippen molar-refractivity contribution in [3.63, 3.8) is 0 Å². The van der Waals surface area contributed by atoms with Gasteiger partial charge in [-0.25, -0.2) is 0 Å². The van der Waals surface area contributed by atoms with Crippen molar-refractivity contribution in [1.82, 2.24) is 4.90 Å². The van der Waals surface area contributed by atoms with Crippen LogP contribution in [0.4, 0.5) is 0 Å². The zero-order chi connectivity index (χ0) is 13.1. The number of carbonyl (C=O) groups excluding carboxylic acids is 1. The number of nitrogens with zero attached hydrogens (tertiary/aromatic N) is 1. The van der Waals surface area contributed by atoms with Crippen molar-refractivity contribution in [2.24, 2.45) is 0 Å². The number of carbonyl (C=O) groups is 1. The van der Waals surface area contributed by atoms with Gasteiger partial charge in [-0.15, -0.1) is 0 Å². The van der Waals surface area contributed by atoms with E-state index in [0.29, 0.717) is 6.61 Å². The summed E-state index contributed by atoms with van der Waals surface area (Å²) < 4.78 is 10.2.